The normalized spacial score (nSPS) is 12.6. The highest BCUT2D eigenvalue weighted by atomic mass is 35.5. The summed E-state index contributed by atoms with van der Waals surface area (Å²) >= 11 is 7.52. The third kappa shape index (κ3) is 2.61. The van der Waals surface area contributed by atoms with Crippen LogP contribution in [0.4, 0.5) is 5.69 Å². The molecule has 4 nitrogen and oxygen atoms in total. The van der Waals surface area contributed by atoms with E-state index in [1.54, 1.807) is 25.1 Å². The predicted octanol–water partition coefficient (Wildman–Crippen LogP) is 3.24. The highest BCUT2D eigenvalue weighted by Crippen LogP contribution is 2.38. The zero-order valence-corrected chi connectivity index (χ0v) is 13.2. The van der Waals surface area contributed by atoms with Gasteiger partial charge in [-0.15, -0.1) is 11.3 Å². The minimum absolute atomic E-state index is 0.0208. The van der Waals surface area contributed by atoms with Crippen molar-refractivity contribution in [1.29, 1.82) is 0 Å². The summed E-state index contributed by atoms with van der Waals surface area (Å²) in [5.74, 6) is -0.107. The largest absolute Gasteiger partial charge is 0.397 e. The summed E-state index contributed by atoms with van der Waals surface area (Å²) < 4.78 is 6.00. The van der Waals surface area contributed by atoms with Crippen molar-refractivity contribution in [1.82, 2.24) is 4.90 Å². The van der Waals surface area contributed by atoms with Gasteiger partial charge in [-0.25, -0.2) is 0 Å². The van der Waals surface area contributed by atoms with Crippen LogP contribution >= 0.6 is 22.9 Å². The topological polar surface area (TPSA) is 55.6 Å². The smallest absolute Gasteiger partial charge is 0.266 e. The fourth-order valence-corrected chi connectivity index (χ4v) is 3.47. The Labute approximate surface area is 127 Å². The standard InChI is InChI=1S/C14H17ClN2O2S/c1-8(7-19-3)17(2)14(18)13-12(16)11-9(15)5-4-6-10(11)20-13/h4-6,8H,7,16H2,1-3H3. The molecule has 0 saturated heterocycles. The summed E-state index contributed by atoms with van der Waals surface area (Å²) in [6, 6.07) is 5.52. The van der Waals surface area contributed by atoms with Crippen molar-refractivity contribution in [2.24, 2.45) is 0 Å². The molecule has 108 valence electrons. The summed E-state index contributed by atoms with van der Waals surface area (Å²) in [6.45, 7) is 2.41. The first-order valence-corrected chi connectivity index (χ1v) is 7.39. The number of carbonyl (C=O) groups is 1. The van der Waals surface area contributed by atoms with E-state index in [4.69, 9.17) is 22.1 Å². The Bertz CT molecular complexity index is 641. The molecule has 0 fully saturated rings. The lowest BCUT2D eigenvalue weighted by Gasteiger charge is -2.23. The molecule has 1 amide bonds. The number of nitrogens with two attached hydrogens (primary N) is 1. The fourth-order valence-electron chi connectivity index (χ4n) is 2.00. The number of anilines is 1. The lowest BCUT2D eigenvalue weighted by Crippen LogP contribution is -2.37. The molecule has 1 atom stereocenters. The lowest BCUT2D eigenvalue weighted by molar-refractivity contribution is 0.0639. The molecule has 0 aliphatic rings. The molecule has 1 aromatic heterocycles. The maximum Gasteiger partial charge on any atom is 0.266 e. The van der Waals surface area contributed by atoms with Crippen LogP contribution < -0.4 is 5.73 Å². The number of hydrogen-bond acceptors (Lipinski definition) is 4. The van der Waals surface area contributed by atoms with Crippen molar-refractivity contribution in [3.8, 4) is 0 Å². The van der Waals surface area contributed by atoms with E-state index in [9.17, 15) is 4.79 Å². The number of benzene rings is 1. The zero-order valence-electron chi connectivity index (χ0n) is 11.6. The van der Waals surface area contributed by atoms with Crippen molar-refractivity contribution in [2.45, 2.75) is 13.0 Å². The first-order valence-electron chi connectivity index (χ1n) is 6.20. The van der Waals surface area contributed by atoms with Crippen molar-refractivity contribution < 1.29 is 9.53 Å². The molecular weight excluding hydrogens is 296 g/mol. The Morgan fingerprint density at radius 3 is 2.85 bits per heavy atom. The highest BCUT2D eigenvalue weighted by molar-refractivity contribution is 7.21. The molecule has 0 saturated carbocycles. The highest BCUT2D eigenvalue weighted by Gasteiger charge is 2.23. The first-order chi connectivity index (χ1) is 9.47. The molecule has 0 aliphatic carbocycles. The summed E-state index contributed by atoms with van der Waals surface area (Å²) in [7, 11) is 3.36. The van der Waals surface area contributed by atoms with Gasteiger partial charge in [0.2, 0.25) is 0 Å². The molecule has 1 aromatic carbocycles. The van der Waals surface area contributed by atoms with Gasteiger partial charge < -0.3 is 15.4 Å². The van der Waals surface area contributed by atoms with E-state index in [-0.39, 0.29) is 11.9 Å². The fraction of sp³-hybridized carbons (Fsp3) is 0.357. The van der Waals surface area contributed by atoms with Crippen molar-refractivity contribution in [3.05, 3.63) is 28.1 Å². The molecule has 0 radical (unpaired) electrons. The molecule has 2 rings (SSSR count). The number of methoxy groups -OCH3 is 1. The van der Waals surface area contributed by atoms with Crippen molar-refractivity contribution >= 4 is 44.6 Å². The quantitative estimate of drug-likeness (QED) is 0.943. The second kappa shape index (κ2) is 5.99. The number of ether oxygens (including phenoxy) is 1. The molecule has 2 N–H and O–H groups in total. The summed E-state index contributed by atoms with van der Waals surface area (Å²) in [6.07, 6.45) is 0. The molecule has 2 aromatic rings. The van der Waals surface area contributed by atoms with Crippen LogP contribution in [0.3, 0.4) is 0 Å². The van der Waals surface area contributed by atoms with E-state index in [0.29, 0.717) is 22.2 Å². The maximum atomic E-state index is 12.5. The molecule has 6 heteroatoms. The van der Waals surface area contributed by atoms with Gasteiger partial charge in [0.25, 0.3) is 5.91 Å². The third-order valence-electron chi connectivity index (χ3n) is 3.28. The second-order valence-corrected chi connectivity index (χ2v) is 6.14. The number of carbonyl (C=O) groups excluding carboxylic acids is 1. The van der Waals surface area contributed by atoms with Crippen molar-refractivity contribution in [2.75, 3.05) is 26.5 Å². The molecule has 20 heavy (non-hydrogen) atoms. The van der Waals surface area contributed by atoms with E-state index in [0.717, 1.165) is 10.1 Å². The van der Waals surface area contributed by atoms with Crippen LogP contribution in [0.2, 0.25) is 5.02 Å². The Balaban J connectivity index is 2.40. The van der Waals surface area contributed by atoms with Gasteiger partial charge >= 0.3 is 0 Å². The van der Waals surface area contributed by atoms with Gasteiger partial charge in [-0.3, -0.25) is 4.79 Å². The van der Waals surface area contributed by atoms with E-state index in [1.165, 1.54) is 11.3 Å². The molecular formula is C14H17ClN2O2S. The average Bonchev–Trinajstić information content (AvgIpc) is 2.76. The van der Waals surface area contributed by atoms with E-state index in [2.05, 4.69) is 0 Å². The average molecular weight is 313 g/mol. The number of nitrogen functional groups attached to an aromatic ring is 1. The monoisotopic (exact) mass is 312 g/mol. The molecule has 1 heterocycles. The number of likely N-dealkylation sites (N-methyl/N-ethyl adjacent to an activating group) is 1. The summed E-state index contributed by atoms with van der Waals surface area (Å²) in [5, 5.41) is 1.33. The van der Waals surface area contributed by atoms with Crippen LogP contribution in [0.1, 0.15) is 16.6 Å². The lowest BCUT2D eigenvalue weighted by atomic mass is 10.2. The Kier molecular flexibility index (Phi) is 4.52. The minimum Gasteiger partial charge on any atom is -0.397 e. The van der Waals surface area contributed by atoms with Gasteiger partial charge in [0.1, 0.15) is 4.88 Å². The number of fused-ring (bicyclic) bond motifs is 1. The second-order valence-electron chi connectivity index (χ2n) is 4.68. The number of hydrogen-bond donors (Lipinski definition) is 1. The molecule has 0 spiro atoms. The van der Waals surface area contributed by atoms with Crippen LogP contribution in [-0.2, 0) is 4.74 Å². The number of amides is 1. The predicted molar refractivity (Wildman–Crippen MR) is 84.7 cm³/mol. The van der Waals surface area contributed by atoms with Crippen LogP contribution in [-0.4, -0.2) is 37.6 Å². The van der Waals surface area contributed by atoms with Gasteiger partial charge in [-0.1, -0.05) is 17.7 Å². The number of nitrogens with zero attached hydrogens (tertiary/aromatic N) is 1. The Morgan fingerprint density at radius 2 is 2.25 bits per heavy atom. The molecule has 1 unspecified atom stereocenters. The van der Waals surface area contributed by atoms with Gasteiger partial charge in [0, 0.05) is 24.2 Å². The molecule has 0 bridgehead atoms. The van der Waals surface area contributed by atoms with Crippen LogP contribution in [0.25, 0.3) is 10.1 Å². The van der Waals surface area contributed by atoms with Crippen molar-refractivity contribution in [3.63, 3.8) is 0 Å². The van der Waals surface area contributed by atoms with E-state index < -0.39 is 0 Å². The SMILES string of the molecule is COCC(C)N(C)C(=O)c1sc2cccc(Cl)c2c1N. The number of halogens is 1. The first kappa shape index (κ1) is 15.1. The number of rotatable bonds is 4. The molecule has 0 aliphatic heterocycles. The van der Waals surface area contributed by atoms with Gasteiger partial charge in [-0.2, -0.15) is 0 Å². The van der Waals surface area contributed by atoms with Gasteiger partial charge in [-0.05, 0) is 19.1 Å². The van der Waals surface area contributed by atoms with E-state index >= 15 is 0 Å². The van der Waals surface area contributed by atoms with Crippen LogP contribution in [0.5, 0.6) is 0 Å². The van der Waals surface area contributed by atoms with Crippen LogP contribution in [0.15, 0.2) is 18.2 Å². The zero-order chi connectivity index (χ0) is 14.9. The summed E-state index contributed by atoms with van der Waals surface area (Å²) in [4.78, 5) is 14.7. The van der Waals surface area contributed by atoms with Crippen LogP contribution in [0, 0.1) is 0 Å². The summed E-state index contributed by atoms with van der Waals surface area (Å²) in [5.41, 5.74) is 6.56. The van der Waals surface area contributed by atoms with Gasteiger partial charge in [0.15, 0.2) is 0 Å². The number of thiophene rings is 1. The van der Waals surface area contributed by atoms with E-state index in [1.807, 2.05) is 19.1 Å². The Morgan fingerprint density at radius 1 is 1.55 bits per heavy atom. The Hall–Kier alpha value is -1.30. The maximum absolute atomic E-state index is 12.5. The minimum atomic E-state index is -0.107. The third-order valence-corrected chi connectivity index (χ3v) is 4.76. The van der Waals surface area contributed by atoms with Gasteiger partial charge in [0.05, 0.1) is 23.4 Å².